The van der Waals surface area contributed by atoms with E-state index in [1.54, 1.807) is 31.6 Å². The summed E-state index contributed by atoms with van der Waals surface area (Å²) < 4.78 is 32.7. The highest BCUT2D eigenvalue weighted by Crippen LogP contribution is 2.40. The summed E-state index contributed by atoms with van der Waals surface area (Å²) in [5.74, 6) is -1.23. The number of anilines is 3. The predicted molar refractivity (Wildman–Crippen MR) is 214 cm³/mol. The molecule has 3 aromatic carbocycles. The van der Waals surface area contributed by atoms with Crippen LogP contribution < -0.4 is 4.90 Å². The van der Waals surface area contributed by atoms with E-state index < -0.39 is 5.97 Å². The molecule has 12 heteroatoms. The molecular formula is C42H44N2O8S2. The van der Waals surface area contributed by atoms with Crippen LogP contribution in [0.4, 0.5) is 17.1 Å². The Bertz CT molecular complexity index is 1890. The fourth-order valence-electron chi connectivity index (χ4n) is 5.28. The second-order valence-corrected chi connectivity index (χ2v) is 14.1. The van der Waals surface area contributed by atoms with E-state index in [0.717, 1.165) is 53.3 Å². The summed E-state index contributed by atoms with van der Waals surface area (Å²) in [6.45, 7) is 5.27. The third-order valence-electron chi connectivity index (χ3n) is 8.06. The van der Waals surface area contributed by atoms with Gasteiger partial charge in [-0.25, -0.2) is 4.79 Å². The number of aliphatic carboxylic acids is 1. The largest absolute Gasteiger partial charge is 0.477 e. The number of rotatable bonds is 23. The lowest BCUT2D eigenvalue weighted by Crippen LogP contribution is -2.11. The van der Waals surface area contributed by atoms with Gasteiger partial charge in [0.25, 0.3) is 0 Å². The average molecular weight is 769 g/mol. The molecule has 0 bridgehead atoms. The first-order valence-electron chi connectivity index (χ1n) is 17.4. The van der Waals surface area contributed by atoms with E-state index in [2.05, 4.69) is 89.8 Å². The van der Waals surface area contributed by atoms with E-state index in [9.17, 15) is 9.90 Å². The van der Waals surface area contributed by atoms with Gasteiger partial charge in [-0.2, -0.15) is 5.26 Å². The van der Waals surface area contributed by atoms with Crippen molar-refractivity contribution in [3.63, 3.8) is 0 Å². The summed E-state index contributed by atoms with van der Waals surface area (Å²) in [6, 6.07) is 35.0. The summed E-state index contributed by atoms with van der Waals surface area (Å²) in [7, 11) is 3.31. The fraction of sp³-hybridized carbons (Fsp3) is 0.286. The zero-order valence-corrected chi connectivity index (χ0v) is 32.0. The molecule has 2 aromatic heterocycles. The lowest BCUT2D eigenvalue weighted by Gasteiger charge is -2.26. The summed E-state index contributed by atoms with van der Waals surface area (Å²) in [6.07, 6.45) is 1.41. The molecular weight excluding hydrogens is 725 g/mol. The molecule has 0 saturated heterocycles. The van der Waals surface area contributed by atoms with Crippen LogP contribution in [0.25, 0.3) is 26.3 Å². The molecule has 54 heavy (non-hydrogen) atoms. The van der Waals surface area contributed by atoms with Gasteiger partial charge in [-0.05, 0) is 83.4 Å². The van der Waals surface area contributed by atoms with Gasteiger partial charge in [0.15, 0.2) is 0 Å². The maximum atomic E-state index is 11.3. The number of thiophene rings is 2. The number of carboxylic acid groups (broad SMARTS) is 1. The molecule has 0 atom stereocenters. The van der Waals surface area contributed by atoms with Crippen LogP contribution in [0.1, 0.15) is 16.0 Å². The van der Waals surface area contributed by atoms with Crippen LogP contribution in [0.3, 0.4) is 0 Å². The summed E-state index contributed by atoms with van der Waals surface area (Å²) >= 11 is 3.12. The maximum absolute atomic E-state index is 11.3. The van der Waals surface area contributed by atoms with E-state index in [4.69, 9.17) is 33.7 Å². The van der Waals surface area contributed by atoms with E-state index in [1.807, 2.05) is 12.1 Å². The fourth-order valence-corrected chi connectivity index (χ4v) is 7.33. The molecule has 0 fully saturated rings. The van der Waals surface area contributed by atoms with Gasteiger partial charge >= 0.3 is 5.97 Å². The Morgan fingerprint density at radius 1 is 0.611 bits per heavy atom. The number of hydrogen-bond acceptors (Lipinski definition) is 11. The minimum Gasteiger partial charge on any atom is -0.477 e. The minimum atomic E-state index is -1.23. The van der Waals surface area contributed by atoms with Gasteiger partial charge in [-0.1, -0.05) is 36.4 Å². The van der Waals surface area contributed by atoms with E-state index >= 15 is 0 Å². The zero-order valence-electron chi connectivity index (χ0n) is 30.4. The first kappa shape index (κ1) is 40.5. The molecule has 5 rings (SSSR count). The number of methoxy groups -OCH3 is 2. The maximum Gasteiger partial charge on any atom is 0.346 e. The van der Waals surface area contributed by atoms with E-state index in [1.165, 1.54) is 17.4 Å². The molecule has 0 amide bonds. The van der Waals surface area contributed by atoms with Crippen LogP contribution >= 0.6 is 22.7 Å². The average Bonchev–Trinajstić information content (AvgIpc) is 3.88. The first-order valence-corrected chi connectivity index (χ1v) is 19.0. The Morgan fingerprint density at radius 3 is 1.56 bits per heavy atom. The number of ether oxygens (including phenoxy) is 6. The Labute approximate surface area is 324 Å². The summed E-state index contributed by atoms with van der Waals surface area (Å²) in [4.78, 5) is 17.4. The van der Waals surface area contributed by atoms with E-state index in [-0.39, 0.29) is 5.57 Å². The van der Waals surface area contributed by atoms with Crippen LogP contribution in [0.5, 0.6) is 0 Å². The van der Waals surface area contributed by atoms with Crippen molar-refractivity contribution in [1.29, 1.82) is 5.26 Å². The van der Waals surface area contributed by atoms with Crippen molar-refractivity contribution in [1.82, 2.24) is 0 Å². The number of carboxylic acids is 1. The van der Waals surface area contributed by atoms with Gasteiger partial charge in [0, 0.05) is 50.8 Å². The normalized spacial score (nSPS) is 11.5. The Hall–Kier alpha value is -4.68. The number of hydrogen-bond donors (Lipinski definition) is 1. The molecule has 2 heterocycles. The second kappa shape index (κ2) is 21.9. The molecule has 1 N–H and O–H groups in total. The Balaban J connectivity index is 1.30. The number of nitrogens with zero attached hydrogens (tertiary/aromatic N) is 2. The predicted octanol–water partition coefficient (Wildman–Crippen LogP) is 8.96. The number of carbonyl (C=O) groups is 1. The molecule has 10 nitrogen and oxygen atoms in total. The SMILES string of the molecule is COCCOCCOCc1ccc(N(c2ccc(COCCOCCOC)cc2)c2ccc(-c3ccc(-c4ccc(/C=C(/C#N)C(=O)O)s4)s3)cc2)cc1. The first-order chi connectivity index (χ1) is 26.5. The van der Waals surface area contributed by atoms with Gasteiger partial charge < -0.3 is 38.4 Å². The molecule has 0 radical (unpaired) electrons. The Morgan fingerprint density at radius 2 is 1.06 bits per heavy atom. The molecule has 0 spiro atoms. The highest BCUT2D eigenvalue weighted by molar-refractivity contribution is 7.24. The van der Waals surface area contributed by atoms with Gasteiger partial charge in [0.2, 0.25) is 0 Å². The Kier molecular flexibility index (Phi) is 16.4. The van der Waals surface area contributed by atoms with Crippen molar-refractivity contribution >= 4 is 51.8 Å². The molecule has 0 unspecified atom stereocenters. The topological polar surface area (TPSA) is 120 Å². The minimum absolute atomic E-state index is 0.287. The van der Waals surface area contributed by atoms with Crippen LogP contribution in [-0.2, 0) is 46.4 Å². The van der Waals surface area contributed by atoms with Gasteiger partial charge in [0.1, 0.15) is 11.6 Å². The molecule has 5 aromatic rings. The monoisotopic (exact) mass is 768 g/mol. The molecule has 0 aliphatic carbocycles. The standard InChI is InChI=1S/C42H44N2O8S2/c1-47-19-21-49-23-25-51-29-31-3-9-35(10-4-31)44(36-11-5-32(6-12-36)30-52-26-24-50-22-20-48-2)37-13-7-33(8-14-37)39-17-18-41(54-39)40-16-15-38(53-40)27-34(28-43)42(45)46/h3-18,27H,19-26,29-30H2,1-2H3,(H,45,46)/b34-27-. The van der Waals surface area contributed by atoms with Gasteiger partial charge in [0.05, 0.1) is 66.1 Å². The van der Waals surface area contributed by atoms with Crippen molar-refractivity contribution < 1.29 is 38.3 Å². The third kappa shape index (κ3) is 12.2. The highest BCUT2D eigenvalue weighted by atomic mass is 32.1. The van der Waals surface area contributed by atoms with E-state index in [0.29, 0.717) is 66.1 Å². The summed E-state index contributed by atoms with van der Waals surface area (Å²) in [5.41, 5.74) is 5.96. The quantitative estimate of drug-likeness (QED) is 0.0392. The molecule has 282 valence electrons. The smallest absolute Gasteiger partial charge is 0.346 e. The van der Waals surface area contributed by atoms with Gasteiger partial charge in [-0.15, -0.1) is 22.7 Å². The van der Waals surface area contributed by atoms with Crippen molar-refractivity contribution in [3.8, 4) is 26.3 Å². The molecule has 0 aliphatic rings. The van der Waals surface area contributed by atoms with Crippen molar-refractivity contribution in [3.05, 3.63) is 119 Å². The van der Waals surface area contributed by atoms with Crippen LogP contribution in [0.15, 0.2) is 103 Å². The van der Waals surface area contributed by atoms with Gasteiger partial charge in [-0.3, -0.25) is 0 Å². The van der Waals surface area contributed by atoms with Crippen molar-refractivity contribution in [2.24, 2.45) is 0 Å². The third-order valence-corrected chi connectivity index (χ3v) is 10.4. The molecule has 0 aliphatic heterocycles. The lowest BCUT2D eigenvalue weighted by molar-refractivity contribution is -0.132. The van der Waals surface area contributed by atoms with Crippen LogP contribution in [0, 0.1) is 11.3 Å². The van der Waals surface area contributed by atoms with Crippen LogP contribution in [-0.4, -0.2) is 78.2 Å². The summed E-state index contributed by atoms with van der Waals surface area (Å²) in [5, 5.41) is 18.3. The van der Waals surface area contributed by atoms with Crippen molar-refractivity contribution in [2.75, 3.05) is 72.0 Å². The highest BCUT2D eigenvalue weighted by Gasteiger charge is 2.15. The second-order valence-electron chi connectivity index (χ2n) is 11.9. The number of benzene rings is 3. The zero-order chi connectivity index (χ0) is 38.0. The van der Waals surface area contributed by atoms with Crippen LogP contribution in [0.2, 0.25) is 0 Å². The van der Waals surface area contributed by atoms with Crippen molar-refractivity contribution in [2.45, 2.75) is 13.2 Å². The molecule has 0 saturated carbocycles. The lowest BCUT2D eigenvalue weighted by atomic mass is 10.1. The number of nitriles is 1.